The Balaban J connectivity index is 1.15. The van der Waals surface area contributed by atoms with Crippen molar-refractivity contribution < 1.29 is 14.3 Å². The molecule has 3 atom stereocenters. The minimum absolute atomic E-state index is 0.135. The van der Waals surface area contributed by atoms with Gasteiger partial charge in [0.2, 0.25) is 5.91 Å². The second-order valence-corrected chi connectivity index (χ2v) is 7.94. The van der Waals surface area contributed by atoms with Gasteiger partial charge in [-0.15, -0.1) is 0 Å². The van der Waals surface area contributed by atoms with E-state index in [0.29, 0.717) is 36.2 Å². The lowest BCUT2D eigenvalue weighted by atomic mass is 10.0. The first-order valence-corrected chi connectivity index (χ1v) is 9.97. The molecule has 2 aromatic rings. The van der Waals surface area contributed by atoms with Crippen molar-refractivity contribution in [3.63, 3.8) is 0 Å². The number of nitrogens with zero attached hydrogens (tertiary/aromatic N) is 4. The molecule has 0 aliphatic carbocycles. The predicted octanol–water partition coefficient (Wildman–Crippen LogP) is 2.08. The zero-order chi connectivity index (χ0) is 19.8. The van der Waals surface area contributed by atoms with Crippen LogP contribution in [-0.4, -0.2) is 54.7 Å². The quantitative estimate of drug-likeness (QED) is 0.799. The standard InChI is InChI=1S/C22H22N4O3/c23-8-15-5-6-21(24-9-15)25-10-16-12-26(13-17(16)11-25)22(27)7-18-14-28-19-3-1-2-4-20(19)29-18/h1-6,9,16-18H,7,10-14H2. The van der Waals surface area contributed by atoms with Crippen molar-refractivity contribution in [2.45, 2.75) is 12.5 Å². The molecule has 3 aliphatic rings. The number of nitriles is 1. The van der Waals surface area contributed by atoms with Crippen molar-refractivity contribution in [2.75, 3.05) is 37.7 Å². The van der Waals surface area contributed by atoms with Crippen LogP contribution in [0.3, 0.4) is 0 Å². The minimum Gasteiger partial charge on any atom is -0.486 e. The summed E-state index contributed by atoms with van der Waals surface area (Å²) < 4.78 is 11.7. The van der Waals surface area contributed by atoms with E-state index in [1.165, 1.54) is 0 Å². The Morgan fingerprint density at radius 2 is 1.86 bits per heavy atom. The van der Waals surface area contributed by atoms with Gasteiger partial charge in [-0.3, -0.25) is 4.79 Å². The summed E-state index contributed by atoms with van der Waals surface area (Å²) in [6, 6.07) is 13.4. The second kappa shape index (κ2) is 7.28. The number of carbonyl (C=O) groups is 1. The molecule has 4 heterocycles. The first-order valence-electron chi connectivity index (χ1n) is 9.97. The SMILES string of the molecule is N#Cc1ccc(N2CC3CN(C(=O)CC4COc5ccccc5O4)CC3C2)nc1. The van der Waals surface area contributed by atoms with Crippen molar-refractivity contribution in [2.24, 2.45) is 11.8 Å². The largest absolute Gasteiger partial charge is 0.486 e. The van der Waals surface area contributed by atoms with Gasteiger partial charge < -0.3 is 19.3 Å². The first kappa shape index (κ1) is 17.8. The summed E-state index contributed by atoms with van der Waals surface area (Å²) in [4.78, 5) is 21.4. The highest BCUT2D eigenvalue weighted by Gasteiger charge is 2.42. The molecule has 148 valence electrons. The molecule has 0 radical (unpaired) electrons. The van der Waals surface area contributed by atoms with Crippen molar-refractivity contribution in [3.8, 4) is 17.6 Å². The number of amides is 1. The van der Waals surface area contributed by atoms with Crippen molar-refractivity contribution in [1.29, 1.82) is 5.26 Å². The number of likely N-dealkylation sites (tertiary alicyclic amines) is 1. The summed E-state index contributed by atoms with van der Waals surface area (Å²) >= 11 is 0. The number of pyridine rings is 1. The molecule has 2 saturated heterocycles. The van der Waals surface area contributed by atoms with Crippen LogP contribution >= 0.6 is 0 Å². The number of rotatable bonds is 3. The van der Waals surface area contributed by atoms with Gasteiger partial charge in [0.1, 0.15) is 24.6 Å². The van der Waals surface area contributed by atoms with Crippen molar-refractivity contribution >= 4 is 11.7 Å². The van der Waals surface area contributed by atoms with Crippen LogP contribution in [-0.2, 0) is 4.79 Å². The fourth-order valence-corrected chi connectivity index (χ4v) is 4.51. The van der Waals surface area contributed by atoms with Crippen LogP contribution in [0, 0.1) is 23.2 Å². The van der Waals surface area contributed by atoms with Gasteiger partial charge in [0.25, 0.3) is 0 Å². The number of hydrogen-bond acceptors (Lipinski definition) is 6. The van der Waals surface area contributed by atoms with Gasteiger partial charge in [-0.05, 0) is 24.3 Å². The van der Waals surface area contributed by atoms with Crippen LogP contribution in [0.4, 0.5) is 5.82 Å². The lowest BCUT2D eigenvalue weighted by molar-refractivity contribution is -0.132. The van der Waals surface area contributed by atoms with E-state index in [0.717, 1.165) is 37.7 Å². The zero-order valence-electron chi connectivity index (χ0n) is 16.0. The molecule has 7 heteroatoms. The topological polar surface area (TPSA) is 78.7 Å². The van der Waals surface area contributed by atoms with E-state index < -0.39 is 0 Å². The fraction of sp³-hybridized carbons (Fsp3) is 0.409. The van der Waals surface area contributed by atoms with Crippen molar-refractivity contribution in [1.82, 2.24) is 9.88 Å². The highest BCUT2D eigenvalue weighted by Crippen LogP contribution is 2.35. The average molecular weight is 390 g/mol. The lowest BCUT2D eigenvalue weighted by Crippen LogP contribution is -2.38. The molecule has 1 aromatic carbocycles. The highest BCUT2D eigenvalue weighted by atomic mass is 16.6. The predicted molar refractivity (Wildman–Crippen MR) is 106 cm³/mol. The number of hydrogen-bond donors (Lipinski definition) is 0. The lowest BCUT2D eigenvalue weighted by Gasteiger charge is -2.28. The Morgan fingerprint density at radius 1 is 1.10 bits per heavy atom. The maximum Gasteiger partial charge on any atom is 0.226 e. The molecule has 1 amide bonds. The van der Waals surface area contributed by atoms with E-state index in [2.05, 4.69) is 16.0 Å². The Labute approximate surface area is 169 Å². The summed E-state index contributed by atoms with van der Waals surface area (Å²) in [7, 11) is 0. The number of anilines is 1. The summed E-state index contributed by atoms with van der Waals surface area (Å²) in [5, 5.41) is 8.91. The molecule has 2 fully saturated rings. The molecule has 7 nitrogen and oxygen atoms in total. The van der Waals surface area contributed by atoms with Crippen LogP contribution in [0.15, 0.2) is 42.6 Å². The van der Waals surface area contributed by atoms with E-state index in [1.807, 2.05) is 35.2 Å². The third kappa shape index (κ3) is 3.46. The van der Waals surface area contributed by atoms with E-state index in [9.17, 15) is 4.79 Å². The van der Waals surface area contributed by atoms with Gasteiger partial charge in [-0.1, -0.05) is 12.1 Å². The molecule has 0 saturated carbocycles. The molecule has 29 heavy (non-hydrogen) atoms. The summed E-state index contributed by atoms with van der Waals surface area (Å²) in [6.45, 7) is 3.75. The van der Waals surface area contributed by atoms with Gasteiger partial charge in [-0.25, -0.2) is 4.98 Å². The third-order valence-corrected chi connectivity index (χ3v) is 6.01. The van der Waals surface area contributed by atoms with E-state index in [-0.39, 0.29) is 12.0 Å². The van der Waals surface area contributed by atoms with Crippen LogP contribution < -0.4 is 14.4 Å². The normalized spacial score (nSPS) is 24.9. The molecule has 3 aliphatic heterocycles. The minimum atomic E-state index is -0.239. The maximum atomic E-state index is 12.8. The average Bonchev–Trinajstić information content (AvgIpc) is 3.33. The summed E-state index contributed by atoms with van der Waals surface area (Å²) in [5.74, 6) is 3.41. The first-order chi connectivity index (χ1) is 14.2. The molecule has 1 aromatic heterocycles. The third-order valence-electron chi connectivity index (χ3n) is 6.01. The monoisotopic (exact) mass is 390 g/mol. The molecular weight excluding hydrogens is 368 g/mol. The Kier molecular flexibility index (Phi) is 4.47. The number of carbonyl (C=O) groups excluding carboxylic acids is 1. The second-order valence-electron chi connectivity index (χ2n) is 7.94. The Morgan fingerprint density at radius 3 is 2.55 bits per heavy atom. The van der Waals surface area contributed by atoms with Crippen LogP contribution in [0.5, 0.6) is 11.5 Å². The molecule has 0 spiro atoms. The summed E-state index contributed by atoms with van der Waals surface area (Å²) in [5.41, 5.74) is 0.571. The van der Waals surface area contributed by atoms with Gasteiger partial charge in [0.15, 0.2) is 11.5 Å². The zero-order valence-corrected chi connectivity index (χ0v) is 16.0. The van der Waals surface area contributed by atoms with Gasteiger partial charge in [0.05, 0.1) is 12.0 Å². The van der Waals surface area contributed by atoms with Crippen LogP contribution in [0.1, 0.15) is 12.0 Å². The number of ether oxygens (including phenoxy) is 2. The maximum absolute atomic E-state index is 12.8. The van der Waals surface area contributed by atoms with E-state index in [1.54, 1.807) is 12.3 Å². The number of benzene rings is 1. The molecular formula is C22H22N4O3. The van der Waals surface area contributed by atoms with E-state index >= 15 is 0 Å². The van der Waals surface area contributed by atoms with Crippen LogP contribution in [0.25, 0.3) is 0 Å². The Bertz CT molecular complexity index is 941. The van der Waals surface area contributed by atoms with E-state index in [4.69, 9.17) is 14.7 Å². The smallest absolute Gasteiger partial charge is 0.226 e. The number of para-hydroxylation sites is 2. The fourth-order valence-electron chi connectivity index (χ4n) is 4.51. The summed E-state index contributed by atoms with van der Waals surface area (Å²) in [6.07, 6.45) is 1.72. The number of fused-ring (bicyclic) bond motifs is 2. The molecule has 3 unspecified atom stereocenters. The molecule has 0 bridgehead atoms. The van der Waals surface area contributed by atoms with Gasteiger partial charge in [0, 0.05) is 44.2 Å². The Hall–Kier alpha value is -3.27. The van der Waals surface area contributed by atoms with Gasteiger partial charge >= 0.3 is 0 Å². The van der Waals surface area contributed by atoms with Gasteiger partial charge in [-0.2, -0.15) is 5.26 Å². The number of aromatic nitrogens is 1. The highest BCUT2D eigenvalue weighted by molar-refractivity contribution is 5.77. The molecule has 5 rings (SSSR count). The van der Waals surface area contributed by atoms with Crippen molar-refractivity contribution in [3.05, 3.63) is 48.2 Å². The van der Waals surface area contributed by atoms with Crippen LogP contribution in [0.2, 0.25) is 0 Å². The molecule has 0 N–H and O–H groups in total.